The molecule has 2 aliphatic rings. The van der Waals surface area contributed by atoms with Crippen molar-refractivity contribution in [1.82, 2.24) is 10.2 Å². The third-order valence-electron chi connectivity index (χ3n) is 6.69. The van der Waals surface area contributed by atoms with Gasteiger partial charge in [0.1, 0.15) is 0 Å². The maximum absolute atomic E-state index is 13.0. The van der Waals surface area contributed by atoms with E-state index in [9.17, 15) is 9.59 Å². The Labute approximate surface area is 205 Å². The summed E-state index contributed by atoms with van der Waals surface area (Å²) in [5, 5.41) is 3.42. The molecule has 6 nitrogen and oxygen atoms in total. The molecule has 0 bridgehead atoms. The van der Waals surface area contributed by atoms with E-state index < -0.39 is 0 Å². The molecule has 1 saturated carbocycles. The lowest BCUT2D eigenvalue weighted by Crippen LogP contribution is -2.52. The average Bonchev–Trinajstić information content (AvgIpc) is 2.87. The van der Waals surface area contributed by atoms with Crippen molar-refractivity contribution in [3.05, 3.63) is 64.6 Å². The minimum Gasteiger partial charge on any atom is -0.493 e. The molecule has 7 heteroatoms. The molecular weight excluding hydrogens is 448 g/mol. The molecule has 0 aromatic heterocycles. The number of thioether (sulfide) groups is 1. The van der Waals surface area contributed by atoms with Crippen LogP contribution in [0.1, 0.15) is 30.4 Å². The lowest BCUT2D eigenvalue weighted by atomic mass is 9.83. The number of benzene rings is 2. The summed E-state index contributed by atoms with van der Waals surface area (Å²) >= 11 is 1.67. The van der Waals surface area contributed by atoms with E-state index in [4.69, 9.17) is 9.47 Å². The number of nitrogens with zero attached hydrogens (tertiary/aromatic N) is 1. The lowest BCUT2D eigenvalue weighted by Gasteiger charge is -2.44. The van der Waals surface area contributed by atoms with Gasteiger partial charge in [-0.05, 0) is 55.0 Å². The molecule has 2 aromatic rings. The quantitative estimate of drug-likeness (QED) is 0.603. The molecule has 1 N–H and O–H groups in total. The van der Waals surface area contributed by atoms with Crippen molar-refractivity contribution in [2.24, 2.45) is 5.92 Å². The summed E-state index contributed by atoms with van der Waals surface area (Å²) in [6, 6.07) is 15.8. The lowest BCUT2D eigenvalue weighted by molar-refractivity contribution is -0.131. The van der Waals surface area contributed by atoms with Gasteiger partial charge in [0.15, 0.2) is 11.5 Å². The predicted molar refractivity (Wildman–Crippen MR) is 136 cm³/mol. The van der Waals surface area contributed by atoms with Gasteiger partial charge in [0.2, 0.25) is 5.91 Å². The standard InChI is InChI=1S/C27H32N2O4S/c1-29-21-17-20(26(30)28-14-13-19-9-11-22(32-2)23(15-19)33-3)10-12-24(21)34-25(27(29)31)16-18-7-5-4-6-8-18/h4-9,11,15-16,20-21,24H,10,12-14,17H2,1-3H3,(H,28,30)/b25-16+. The van der Waals surface area contributed by atoms with Crippen LogP contribution >= 0.6 is 11.8 Å². The number of amides is 2. The molecule has 4 rings (SSSR count). The molecule has 2 fully saturated rings. The number of hydrogen-bond donors (Lipinski definition) is 1. The highest BCUT2D eigenvalue weighted by Crippen LogP contribution is 2.43. The molecule has 3 unspecified atom stereocenters. The Morgan fingerprint density at radius 3 is 2.62 bits per heavy atom. The Hall–Kier alpha value is -2.93. The zero-order valence-corrected chi connectivity index (χ0v) is 20.8. The van der Waals surface area contributed by atoms with Gasteiger partial charge in [-0.2, -0.15) is 0 Å². The molecule has 3 atom stereocenters. The maximum atomic E-state index is 13.0. The summed E-state index contributed by atoms with van der Waals surface area (Å²) in [6.45, 7) is 0.562. The third-order valence-corrected chi connectivity index (χ3v) is 8.09. The van der Waals surface area contributed by atoms with Crippen molar-refractivity contribution in [3.8, 4) is 11.5 Å². The molecule has 34 heavy (non-hydrogen) atoms. The van der Waals surface area contributed by atoms with Crippen LogP contribution in [0.25, 0.3) is 6.08 Å². The number of nitrogens with one attached hydrogen (secondary N) is 1. The molecule has 0 radical (unpaired) electrons. The van der Waals surface area contributed by atoms with Crippen molar-refractivity contribution in [2.45, 2.75) is 37.0 Å². The second-order valence-corrected chi connectivity index (χ2v) is 10.1. The second-order valence-electron chi connectivity index (χ2n) is 8.80. The van der Waals surface area contributed by atoms with Crippen LogP contribution in [0.5, 0.6) is 11.5 Å². The number of rotatable bonds is 7. The smallest absolute Gasteiger partial charge is 0.260 e. The number of carbonyl (C=O) groups excluding carboxylic acids is 2. The summed E-state index contributed by atoms with van der Waals surface area (Å²) in [6.07, 6.45) is 5.17. The summed E-state index contributed by atoms with van der Waals surface area (Å²) in [5.74, 6) is 1.44. The molecule has 1 heterocycles. The summed E-state index contributed by atoms with van der Waals surface area (Å²) in [4.78, 5) is 28.5. The average molecular weight is 481 g/mol. The van der Waals surface area contributed by atoms with E-state index in [1.54, 1.807) is 26.0 Å². The van der Waals surface area contributed by atoms with E-state index >= 15 is 0 Å². The van der Waals surface area contributed by atoms with E-state index in [1.807, 2.05) is 66.6 Å². The fraction of sp³-hybridized carbons (Fsp3) is 0.407. The molecule has 2 amide bonds. The summed E-state index contributed by atoms with van der Waals surface area (Å²) in [7, 11) is 5.10. The summed E-state index contributed by atoms with van der Waals surface area (Å²) in [5.41, 5.74) is 2.11. The minimum absolute atomic E-state index is 0.0459. The Bertz CT molecular complexity index is 1060. The van der Waals surface area contributed by atoms with Gasteiger partial charge < -0.3 is 19.7 Å². The number of likely N-dealkylation sites (N-methyl/N-ethyl adjacent to an activating group) is 1. The Balaban J connectivity index is 1.32. The van der Waals surface area contributed by atoms with Crippen LogP contribution in [0.15, 0.2) is 53.4 Å². The van der Waals surface area contributed by atoms with Crippen LogP contribution < -0.4 is 14.8 Å². The van der Waals surface area contributed by atoms with Crippen LogP contribution in [0.3, 0.4) is 0 Å². The summed E-state index contributed by atoms with van der Waals surface area (Å²) < 4.78 is 10.6. The maximum Gasteiger partial charge on any atom is 0.260 e. The molecule has 1 aliphatic carbocycles. The van der Waals surface area contributed by atoms with Crippen LogP contribution in [-0.2, 0) is 16.0 Å². The SMILES string of the molecule is COc1ccc(CCNC(=O)C2CCC3S/C(=C/c4ccccc4)C(=O)N(C)C3C2)cc1OC. The zero-order chi connectivity index (χ0) is 24.1. The number of hydrogen-bond acceptors (Lipinski definition) is 5. The fourth-order valence-electron chi connectivity index (χ4n) is 4.75. The van der Waals surface area contributed by atoms with Crippen LogP contribution in [0.2, 0.25) is 0 Å². The normalized spacial score (nSPS) is 23.4. The first-order chi connectivity index (χ1) is 16.5. The van der Waals surface area contributed by atoms with Gasteiger partial charge in [-0.3, -0.25) is 9.59 Å². The first-order valence-corrected chi connectivity index (χ1v) is 12.6. The van der Waals surface area contributed by atoms with Gasteiger partial charge in [-0.1, -0.05) is 36.4 Å². The van der Waals surface area contributed by atoms with Crippen molar-refractivity contribution >= 4 is 29.7 Å². The van der Waals surface area contributed by atoms with Crippen molar-refractivity contribution in [2.75, 3.05) is 27.8 Å². The van der Waals surface area contributed by atoms with Gasteiger partial charge in [0, 0.05) is 30.8 Å². The minimum atomic E-state index is -0.0674. The van der Waals surface area contributed by atoms with Crippen molar-refractivity contribution < 1.29 is 19.1 Å². The molecular formula is C27H32N2O4S. The van der Waals surface area contributed by atoms with Crippen LogP contribution in [-0.4, -0.2) is 55.8 Å². The monoisotopic (exact) mass is 480 g/mol. The predicted octanol–water partition coefficient (Wildman–Crippen LogP) is 4.15. The van der Waals surface area contributed by atoms with Gasteiger partial charge in [0.05, 0.1) is 19.1 Å². The van der Waals surface area contributed by atoms with Gasteiger partial charge in [-0.15, -0.1) is 11.8 Å². The van der Waals surface area contributed by atoms with E-state index in [-0.39, 0.29) is 23.8 Å². The molecule has 0 spiro atoms. The van der Waals surface area contributed by atoms with Gasteiger partial charge >= 0.3 is 0 Å². The fourth-order valence-corrected chi connectivity index (χ4v) is 6.23. The largest absolute Gasteiger partial charge is 0.493 e. The zero-order valence-electron chi connectivity index (χ0n) is 20.0. The highest BCUT2D eigenvalue weighted by Gasteiger charge is 2.42. The van der Waals surface area contributed by atoms with Crippen molar-refractivity contribution in [1.29, 1.82) is 0 Å². The molecule has 180 valence electrons. The van der Waals surface area contributed by atoms with E-state index in [0.29, 0.717) is 36.1 Å². The number of methoxy groups -OCH3 is 2. The van der Waals surface area contributed by atoms with Gasteiger partial charge in [-0.25, -0.2) is 0 Å². The third kappa shape index (κ3) is 5.41. The van der Waals surface area contributed by atoms with E-state index in [1.165, 1.54) is 0 Å². The van der Waals surface area contributed by atoms with Crippen LogP contribution in [0.4, 0.5) is 0 Å². The van der Waals surface area contributed by atoms with Gasteiger partial charge in [0.25, 0.3) is 5.91 Å². The Morgan fingerprint density at radius 1 is 1.12 bits per heavy atom. The first kappa shape index (κ1) is 24.2. The molecule has 1 aliphatic heterocycles. The van der Waals surface area contributed by atoms with E-state index in [2.05, 4.69) is 5.32 Å². The molecule has 2 aromatic carbocycles. The highest BCUT2D eigenvalue weighted by atomic mass is 32.2. The van der Waals surface area contributed by atoms with E-state index in [0.717, 1.165) is 28.9 Å². The Kier molecular flexibility index (Phi) is 7.83. The van der Waals surface area contributed by atoms with Crippen LogP contribution in [0, 0.1) is 5.92 Å². The topological polar surface area (TPSA) is 67.9 Å². The molecule has 1 saturated heterocycles. The first-order valence-electron chi connectivity index (χ1n) is 11.7. The number of fused-ring (bicyclic) bond motifs is 1. The number of carbonyl (C=O) groups is 2. The number of ether oxygens (including phenoxy) is 2. The second kappa shape index (κ2) is 11.0. The highest BCUT2D eigenvalue weighted by molar-refractivity contribution is 8.04. The Morgan fingerprint density at radius 2 is 1.88 bits per heavy atom. The van der Waals surface area contributed by atoms with Crippen molar-refractivity contribution in [3.63, 3.8) is 0 Å².